The molecule has 0 aliphatic rings. The number of carbonyl (C=O) groups excluding carboxylic acids is 2. The highest BCUT2D eigenvalue weighted by atomic mass is 16.2. The molecule has 0 aliphatic heterocycles. The number of benzene rings is 1. The number of nitrogens with one attached hydrogen (secondary N) is 2. The summed E-state index contributed by atoms with van der Waals surface area (Å²) in [5.41, 5.74) is 3.15. The van der Waals surface area contributed by atoms with Crippen molar-refractivity contribution in [1.29, 1.82) is 0 Å². The van der Waals surface area contributed by atoms with E-state index in [0.717, 1.165) is 29.7 Å². The molecule has 0 bridgehead atoms. The lowest BCUT2D eigenvalue weighted by Gasteiger charge is -2.20. The Morgan fingerprint density at radius 2 is 1.57 bits per heavy atom. The fourth-order valence-electron chi connectivity index (χ4n) is 2.48. The van der Waals surface area contributed by atoms with Gasteiger partial charge < -0.3 is 10.6 Å². The molecule has 2 N–H and O–H groups in total. The third-order valence-electron chi connectivity index (χ3n) is 3.84. The molecule has 0 aliphatic carbocycles. The average molecular weight is 318 g/mol. The molecule has 0 spiro atoms. The van der Waals surface area contributed by atoms with Crippen molar-refractivity contribution in [2.75, 3.05) is 11.9 Å². The fraction of sp³-hybridized carbons (Fsp3) is 0.579. The predicted octanol–water partition coefficient (Wildman–Crippen LogP) is 4.18. The molecule has 1 aromatic carbocycles. The van der Waals surface area contributed by atoms with Crippen molar-refractivity contribution in [1.82, 2.24) is 5.32 Å². The first-order chi connectivity index (χ1) is 10.9. The molecule has 0 saturated carbocycles. The fourth-order valence-corrected chi connectivity index (χ4v) is 2.48. The van der Waals surface area contributed by atoms with E-state index in [0.29, 0.717) is 18.3 Å². The minimum Gasteiger partial charge on any atom is -0.347 e. The summed E-state index contributed by atoms with van der Waals surface area (Å²) in [5, 5.41) is 5.68. The molecule has 1 rings (SSSR count). The molecule has 4 nitrogen and oxygen atoms in total. The summed E-state index contributed by atoms with van der Waals surface area (Å²) >= 11 is 0. The number of rotatable bonds is 8. The maximum atomic E-state index is 12.2. The van der Waals surface area contributed by atoms with Gasteiger partial charge in [-0.2, -0.15) is 0 Å². The third-order valence-corrected chi connectivity index (χ3v) is 3.84. The number of para-hydroxylation sites is 1. The van der Waals surface area contributed by atoms with Gasteiger partial charge in [-0.25, -0.2) is 0 Å². The van der Waals surface area contributed by atoms with E-state index < -0.39 is 0 Å². The van der Waals surface area contributed by atoms with Gasteiger partial charge in [-0.3, -0.25) is 9.59 Å². The maximum Gasteiger partial charge on any atom is 0.243 e. The first-order valence-corrected chi connectivity index (χ1v) is 8.56. The van der Waals surface area contributed by atoms with Crippen LogP contribution < -0.4 is 10.6 Å². The van der Waals surface area contributed by atoms with Gasteiger partial charge in [0.15, 0.2) is 0 Å². The molecule has 0 saturated heterocycles. The second kappa shape index (κ2) is 9.33. The van der Waals surface area contributed by atoms with Crippen molar-refractivity contribution in [2.45, 2.75) is 65.7 Å². The number of hydrogen-bond acceptors (Lipinski definition) is 2. The maximum absolute atomic E-state index is 12.2. The Labute approximate surface area is 140 Å². The van der Waals surface area contributed by atoms with Crippen molar-refractivity contribution >= 4 is 17.5 Å². The van der Waals surface area contributed by atoms with Crippen molar-refractivity contribution in [2.24, 2.45) is 0 Å². The van der Waals surface area contributed by atoms with Gasteiger partial charge in [0.25, 0.3) is 0 Å². The second-order valence-corrected chi connectivity index (χ2v) is 6.55. The third kappa shape index (κ3) is 6.05. The number of carbonyl (C=O) groups is 2. The summed E-state index contributed by atoms with van der Waals surface area (Å²) < 4.78 is 0. The van der Waals surface area contributed by atoms with Crippen LogP contribution in [0.3, 0.4) is 0 Å². The molecule has 0 radical (unpaired) electrons. The topological polar surface area (TPSA) is 58.2 Å². The monoisotopic (exact) mass is 318 g/mol. The highest BCUT2D eigenvalue weighted by Gasteiger charge is 2.16. The van der Waals surface area contributed by atoms with Gasteiger partial charge in [-0.1, -0.05) is 59.2 Å². The van der Waals surface area contributed by atoms with E-state index in [4.69, 9.17) is 0 Å². The van der Waals surface area contributed by atoms with Gasteiger partial charge in [0, 0.05) is 12.1 Å². The lowest BCUT2D eigenvalue weighted by Crippen LogP contribution is -2.33. The zero-order chi connectivity index (χ0) is 17.4. The Balaban J connectivity index is 2.79. The van der Waals surface area contributed by atoms with E-state index in [2.05, 4.69) is 38.3 Å². The van der Waals surface area contributed by atoms with Gasteiger partial charge >= 0.3 is 0 Å². The Morgan fingerprint density at radius 3 is 2.04 bits per heavy atom. The first kappa shape index (κ1) is 19.2. The van der Waals surface area contributed by atoms with Crippen LogP contribution in [0.25, 0.3) is 0 Å². The van der Waals surface area contributed by atoms with Crippen molar-refractivity contribution in [3.8, 4) is 0 Å². The largest absolute Gasteiger partial charge is 0.347 e. The lowest BCUT2D eigenvalue weighted by molar-refractivity contribution is -0.124. The summed E-state index contributed by atoms with van der Waals surface area (Å²) in [6.07, 6.45) is 2.30. The number of unbranched alkanes of at least 4 members (excludes halogenated alkanes) is 1. The van der Waals surface area contributed by atoms with E-state index in [1.165, 1.54) is 0 Å². The zero-order valence-corrected chi connectivity index (χ0v) is 15.0. The van der Waals surface area contributed by atoms with Crippen LogP contribution in [-0.2, 0) is 9.59 Å². The first-order valence-electron chi connectivity index (χ1n) is 8.56. The molecule has 0 unspecified atom stereocenters. The van der Waals surface area contributed by atoms with Gasteiger partial charge in [-0.05, 0) is 29.4 Å². The minimum absolute atomic E-state index is 0.0203. The Hall–Kier alpha value is -1.84. The highest BCUT2D eigenvalue weighted by molar-refractivity contribution is 5.96. The van der Waals surface area contributed by atoms with Gasteiger partial charge in [0.05, 0.1) is 6.54 Å². The average Bonchev–Trinajstić information content (AvgIpc) is 2.50. The second-order valence-electron chi connectivity index (χ2n) is 6.55. The number of hydrogen-bond donors (Lipinski definition) is 2. The number of anilines is 1. The van der Waals surface area contributed by atoms with E-state index in [1.807, 2.05) is 25.1 Å². The smallest absolute Gasteiger partial charge is 0.243 e. The van der Waals surface area contributed by atoms with Crippen molar-refractivity contribution < 1.29 is 9.59 Å². The molecule has 4 heteroatoms. The Bertz CT molecular complexity index is 510. The molecule has 23 heavy (non-hydrogen) atoms. The molecule has 0 aromatic heterocycles. The van der Waals surface area contributed by atoms with Crippen LogP contribution in [0.1, 0.15) is 76.8 Å². The SMILES string of the molecule is CCCCC(=O)NCC(=O)Nc1c(C(C)C)cccc1C(C)C. The summed E-state index contributed by atoms with van der Waals surface area (Å²) in [4.78, 5) is 23.8. The number of amides is 2. The van der Waals surface area contributed by atoms with Crippen LogP contribution in [-0.4, -0.2) is 18.4 Å². The van der Waals surface area contributed by atoms with E-state index >= 15 is 0 Å². The van der Waals surface area contributed by atoms with Gasteiger partial charge in [0.1, 0.15) is 0 Å². The highest BCUT2D eigenvalue weighted by Crippen LogP contribution is 2.32. The summed E-state index contributed by atoms with van der Waals surface area (Å²) in [6.45, 7) is 10.5. The van der Waals surface area contributed by atoms with Gasteiger partial charge in [0.2, 0.25) is 11.8 Å². The molecule has 0 fully saturated rings. The molecule has 2 amide bonds. The molecule has 0 atom stereocenters. The molecule has 0 heterocycles. The minimum atomic E-state index is -0.176. The lowest BCUT2D eigenvalue weighted by atomic mass is 9.92. The quantitative estimate of drug-likeness (QED) is 0.755. The molecular weight excluding hydrogens is 288 g/mol. The summed E-state index contributed by atoms with van der Waals surface area (Å²) in [5.74, 6) is 0.402. The van der Waals surface area contributed by atoms with Gasteiger partial charge in [-0.15, -0.1) is 0 Å². The van der Waals surface area contributed by atoms with Crippen LogP contribution in [0.4, 0.5) is 5.69 Å². The van der Waals surface area contributed by atoms with Crippen molar-refractivity contribution in [3.63, 3.8) is 0 Å². The summed E-state index contributed by atoms with van der Waals surface area (Å²) in [7, 11) is 0. The Kier molecular flexibility index (Phi) is 7.79. The van der Waals surface area contributed by atoms with Crippen LogP contribution in [0.2, 0.25) is 0 Å². The van der Waals surface area contributed by atoms with Crippen LogP contribution in [0, 0.1) is 0 Å². The van der Waals surface area contributed by atoms with Crippen LogP contribution >= 0.6 is 0 Å². The molecule has 128 valence electrons. The van der Waals surface area contributed by atoms with Crippen molar-refractivity contribution in [3.05, 3.63) is 29.3 Å². The van der Waals surface area contributed by atoms with Crippen LogP contribution in [0.5, 0.6) is 0 Å². The predicted molar refractivity (Wildman–Crippen MR) is 95.8 cm³/mol. The zero-order valence-electron chi connectivity index (χ0n) is 15.0. The molecule has 1 aromatic rings. The van der Waals surface area contributed by atoms with E-state index in [1.54, 1.807) is 0 Å². The standard InChI is InChI=1S/C19H30N2O2/c1-6-7-11-17(22)20-12-18(23)21-19-15(13(2)3)9-8-10-16(19)14(4)5/h8-10,13-14H,6-7,11-12H2,1-5H3,(H,20,22)(H,21,23). The Morgan fingerprint density at radius 1 is 1.00 bits per heavy atom. The summed E-state index contributed by atoms with van der Waals surface area (Å²) in [6, 6.07) is 6.13. The van der Waals surface area contributed by atoms with Crippen LogP contribution in [0.15, 0.2) is 18.2 Å². The molecular formula is C19H30N2O2. The van der Waals surface area contributed by atoms with E-state index in [9.17, 15) is 9.59 Å². The normalized spacial score (nSPS) is 10.9. The van der Waals surface area contributed by atoms with E-state index in [-0.39, 0.29) is 18.4 Å².